The molecule has 70 valence electrons. The molecule has 1 aromatic carbocycles. The summed E-state index contributed by atoms with van der Waals surface area (Å²) in [6.07, 6.45) is 0. The molecule has 2 atom stereocenters. The fraction of sp³-hybridized carbons (Fsp3) is 0.222. The van der Waals surface area contributed by atoms with Crippen molar-refractivity contribution in [3.8, 4) is 0 Å². The van der Waals surface area contributed by atoms with Gasteiger partial charge in [-0.1, -0.05) is 23.4 Å². The van der Waals surface area contributed by atoms with Crippen LogP contribution in [0.15, 0.2) is 34.6 Å². The molecule has 0 aliphatic carbocycles. The zero-order valence-corrected chi connectivity index (χ0v) is 7.27. The van der Waals surface area contributed by atoms with Gasteiger partial charge in [0.05, 0.1) is 0 Å². The Morgan fingerprint density at radius 1 is 1.29 bits per heavy atom. The van der Waals surface area contributed by atoms with E-state index in [0.29, 0.717) is 0 Å². The zero-order chi connectivity index (χ0) is 9.54. The molecule has 5 heteroatoms. The summed E-state index contributed by atoms with van der Waals surface area (Å²) in [6.45, 7) is 0. The molecular formula is C9H8N4O. The van der Waals surface area contributed by atoms with Gasteiger partial charge in [0.15, 0.2) is 0 Å². The summed E-state index contributed by atoms with van der Waals surface area (Å²) in [6, 6.07) is 7.30. The Hall–Kier alpha value is -1.91. The highest BCUT2D eigenvalue weighted by Crippen LogP contribution is 2.37. The number of nitrogens with one attached hydrogen (secondary N) is 2. The molecule has 0 spiro atoms. The molecule has 0 aromatic heterocycles. The Morgan fingerprint density at radius 2 is 2.14 bits per heavy atom. The van der Waals surface area contributed by atoms with Gasteiger partial charge in [0, 0.05) is 11.3 Å². The molecule has 5 nitrogen and oxygen atoms in total. The maximum atomic E-state index is 11.4. The van der Waals surface area contributed by atoms with E-state index in [9.17, 15) is 4.79 Å². The van der Waals surface area contributed by atoms with Crippen LogP contribution in [0.1, 0.15) is 11.6 Å². The monoisotopic (exact) mass is 188 g/mol. The third-order valence-electron chi connectivity index (χ3n) is 2.53. The Balaban J connectivity index is 2.11. The fourth-order valence-electron chi connectivity index (χ4n) is 1.86. The van der Waals surface area contributed by atoms with Crippen LogP contribution in [0.3, 0.4) is 0 Å². The third kappa shape index (κ3) is 0.863. The first-order valence-electron chi connectivity index (χ1n) is 4.41. The Morgan fingerprint density at radius 3 is 3.07 bits per heavy atom. The number of fused-ring (bicyclic) bond motifs is 3. The maximum absolute atomic E-state index is 11.4. The Kier molecular flexibility index (Phi) is 1.36. The number of carbonyl (C=O) groups excluding carboxylic acids is 1. The van der Waals surface area contributed by atoms with Crippen molar-refractivity contribution in [2.45, 2.75) is 12.1 Å². The second kappa shape index (κ2) is 2.54. The first-order valence-corrected chi connectivity index (χ1v) is 4.41. The minimum absolute atomic E-state index is 0.124. The lowest BCUT2D eigenvalue weighted by atomic mass is 10.0. The summed E-state index contributed by atoms with van der Waals surface area (Å²) in [4.78, 5) is 11.4. The molecule has 1 aromatic rings. The van der Waals surface area contributed by atoms with E-state index in [1.54, 1.807) is 0 Å². The van der Waals surface area contributed by atoms with E-state index in [2.05, 4.69) is 21.1 Å². The lowest BCUT2D eigenvalue weighted by Crippen LogP contribution is -2.40. The molecular weight excluding hydrogens is 180 g/mol. The number of amides is 1. The van der Waals surface area contributed by atoms with Crippen LogP contribution in [0, 0.1) is 0 Å². The first kappa shape index (κ1) is 7.49. The van der Waals surface area contributed by atoms with Gasteiger partial charge in [-0.15, -0.1) is 0 Å². The highest BCUT2D eigenvalue weighted by molar-refractivity contribution is 5.88. The Labute approximate surface area is 80.2 Å². The maximum Gasteiger partial charge on any atom is 0.266 e. The van der Waals surface area contributed by atoms with Crippen LogP contribution in [-0.2, 0) is 4.79 Å². The van der Waals surface area contributed by atoms with Crippen molar-refractivity contribution in [3.63, 3.8) is 0 Å². The molecule has 1 amide bonds. The normalized spacial score (nSPS) is 27.6. The number of rotatable bonds is 0. The van der Waals surface area contributed by atoms with Crippen molar-refractivity contribution in [3.05, 3.63) is 29.8 Å². The van der Waals surface area contributed by atoms with Gasteiger partial charge in [-0.2, -0.15) is 5.11 Å². The van der Waals surface area contributed by atoms with Crippen molar-refractivity contribution in [1.82, 2.24) is 5.43 Å². The number of nitrogens with zero attached hydrogens (tertiary/aromatic N) is 2. The summed E-state index contributed by atoms with van der Waals surface area (Å²) in [7, 11) is 0. The number of hydrogen-bond donors (Lipinski definition) is 2. The minimum atomic E-state index is -0.301. The smallest absolute Gasteiger partial charge is 0.266 e. The number of carbonyl (C=O) groups is 1. The molecule has 2 heterocycles. The molecule has 3 rings (SSSR count). The van der Waals surface area contributed by atoms with Crippen molar-refractivity contribution in [1.29, 1.82) is 0 Å². The van der Waals surface area contributed by atoms with E-state index in [1.165, 1.54) is 0 Å². The predicted octanol–water partition coefficient (Wildman–Crippen LogP) is 1.02. The molecule has 0 fully saturated rings. The molecule has 2 N–H and O–H groups in total. The van der Waals surface area contributed by atoms with Crippen LogP contribution in [0.4, 0.5) is 5.69 Å². The van der Waals surface area contributed by atoms with Crippen molar-refractivity contribution in [2.24, 2.45) is 10.3 Å². The van der Waals surface area contributed by atoms with Crippen LogP contribution in [0.5, 0.6) is 0 Å². The molecule has 0 saturated heterocycles. The van der Waals surface area contributed by atoms with Crippen LogP contribution in [0.2, 0.25) is 0 Å². The van der Waals surface area contributed by atoms with Gasteiger partial charge in [-0.3, -0.25) is 4.79 Å². The molecule has 0 bridgehead atoms. The number of para-hydroxylation sites is 1. The summed E-state index contributed by atoms with van der Waals surface area (Å²) >= 11 is 0. The predicted molar refractivity (Wildman–Crippen MR) is 49.6 cm³/mol. The SMILES string of the molecule is O=C1NN=NC2c3ccccc3NC12. The molecule has 0 saturated carbocycles. The first-order chi connectivity index (χ1) is 6.86. The van der Waals surface area contributed by atoms with Gasteiger partial charge < -0.3 is 5.32 Å². The summed E-state index contributed by atoms with van der Waals surface area (Å²) < 4.78 is 0. The van der Waals surface area contributed by atoms with Crippen LogP contribution >= 0.6 is 0 Å². The lowest BCUT2D eigenvalue weighted by Gasteiger charge is -2.17. The average Bonchev–Trinajstić information content (AvgIpc) is 2.59. The standard InChI is InChI=1S/C9H8N4O/c14-9-8-7(11-13-12-9)5-3-1-2-4-6(5)10-8/h1-4,7-8,10H,(H,11,12,14). The van der Waals surface area contributed by atoms with Gasteiger partial charge in [0.25, 0.3) is 5.91 Å². The zero-order valence-electron chi connectivity index (χ0n) is 7.27. The highest BCUT2D eigenvalue weighted by Gasteiger charge is 2.39. The van der Waals surface area contributed by atoms with E-state index >= 15 is 0 Å². The molecule has 2 unspecified atom stereocenters. The van der Waals surface area contributed by atoms with Crippen molar-refractivity contribution >= 4 is 11.6 Å². The van der Waals surface area contributed by atoms with E-state index < -0.39 is 0 Å². The molecule has 2 aliphatic rings. The highest BCUT2D eigenvalue weighted by atomic mass is 16.2. The quantitative estimate of drug-likeness (QED) is 0.638. The minimum Gasteiger partial charge on any atom is -0.371 e. The van der Waals surface area contributed by atoms with E-state index in [4.69, 9.17) is 0 Å². The van der Waals surface area contributed by atoms with Gasteiger partial charge in [-0.05, 0) is 6.07 Å². The van der Waals surface area contributed by atoms with E-state index in [-0.39, 0.29) is 18.0 Å². The summed E-state index contributed by atoms with van der Waals surface area (Å²) in [5, 5.41) is 10.7. The summed E-state index contributed by atoms with van der Waals surface area (Å²) in [5.74, 6) is -0.124. The van der Waals surface area contributed by atoms with Gasteiger partial charge in [0.2, 0.25) is 0 Å². The van der Waals surface area contributed by atoms with Crippen LogP contribution in [-0.4, -0.2) is 11.9 Å². The van der Waals surface area contributed by atoms with E-state index in [0.717, 1.165) is 11.3 Å². The van der Waals surface area contributed by atoms with E-state index in [1.807, 2.05) is 24.3 Å². The topological polar surface area (TPSA) is 65.8 Å². The van der Waals surface area contributed by atoms with Gasteiger partial charge in [-0.25, -0.2) is 5.43 Å². The van der Waals surface area contributed by atoms with Gasteiger partial charge in [0.1, 0.15) is 12.1 Å². The van der Waals surface area contributed by atoms with Crippen molar-refractivity contribution < 1.29 is 4.79 Å². The second-order valence-corrected chi connectivity index (χ2v) is 3.35. The fourth-order valence-corrected chi connectivity index (χ4v) is 1.86. The van der Waals surface area contributed by atoms with Crippen molar-refractivity contribution in [2.75, 3.05) is 5.32 Å². The molecule has 2 aliphatic heterocycles. The van der Waals surface area contributed by atoms with Crippen LogP contribution in [0.25, 0.3) is 0 Å². The van der Waals surface area contributed by atoms with Crippen LogP contribution < -0.4 is 10.7 Å². The average molecular weight is 188 g/mol. The third-order valence-corrected chi connectivity index (χ3v) is 2.53. The van der Waals surface area contributed by atoms with Gasteiger partial charge >= 0.3 is 0 Å². The number of benzene rings is 1. The second-order valence-electron chi connectivity index (χ2n) is 3.35. The summed E-state index contributed by atoms with van der Waals surface area (Å²) in [5.41, 5.74) is 4.35. The number of hydrogen-bond acceptors (Lipinski definition) is 4. The molecule has 14 heavy (non-hydrogen) atoms. The Bertz CT molecular complexity index is 429. The number of anilines is 1. The largest absolute Gasteiger partial charge is 0.371 e. The molecule has 0 radical (unpaired) electrons. The lowest BCUT2D eigenvalue weighted by molar-refractivity contribution is -0.123.